The molecule has 0 bridgehead atoms. The topological polar surface area (TPSA) is 28.7 Å². The molecule has 0 unspecified atom stereocenters. The average Bonchev–Trinajstić information content (AvgIpc) is 3.25. The molecule has 4 aromatic rings. The Hall–Kier alpha value is -3.13. The highest BCUT2D eigenvalue weighted by atomic mass is 14.9. The smallest absolute Gasteiger partial charge is 0.118 e. The number of H-pyrrole nitrogens is 1. The molecule has 5 rings (SSSR count). The number of nitrogens with zero attached hydrogens (tertiary/aromatic N) is 1. The van der Waals surface area contributed by atoms with Crippen LogP contribution in [-0.2, 0) is 0 Å². The Balaban J connectivity index is 1.63. The quantitative estimate of drug-likeness (QED) is 0.454. The summed E-state index contributed by atoms with van der Waals surface area (Å²) < 4.78 is 0. The van der Waals surface area contributed by atoms with Crippen LogP contribution in [0.2, 0.25) is 0 Å². The van der Waals surface area contributed by atoms with Gasteiger partial charge in [0.25, 0.3) is 0 Å². The largest absolute Gasteiger partial charge is 0.341 e. The Morgan fingerprint density at radius 2 is 1.36 bits per heavy atom. The lowest BCUT2D eigenvalue weighted by Crippen LogP contribution is -2.01. The zero-order chi connectivity index (χ0) is 16.8. The van der Waals surface area contributed by atoms with Gasteiger partial charge in [-0.05, 0) is 34.7 Å². The number of fused-ring (bicyclic) bond motifs is 3. The maximum absolute atomic E-state index is 4.74. The van der Waals surface area contributed by atoms with E-state index >= 15 is 0 Å². The highest BCUT2D eigenvalue weighted by molar-refractivity contribution is 5.80. The zero-order valence-electron chi connectivity index (χ0n) is 14.0. The van der Waals surface area contributed by atoms with Crippen LogP contribution in [0.5, 0.6) is 0 Å². The fourth-order valence-electron chi connectivity index (χ4n) is 3.81. The van der Waals surface area contributed by atoms with Gasteiger partial charge < -0.3 is 4.98 Å². The van der Waals surface area contributed by atoms with Crippen LogP contribution in [0.15, 0.2) is 79.0 Å². The van der Waals surface area contributed by atoms with E-state index in [0.29, 0.717) is 0 Å². The maximum Gasteiger partial charge on any atom is 0.118 e. The minimum Gasteiger partial charge on any atom is -0.341 e. The molecule has 0 atom stereocenters. The van der Waals surface area contributed by atoms with Gasteiger partial charge in [0, 0.05) is 0 Å². The molecule has 2 heteroatoms. The van der Waals surface area contributed by atoms with Crippen molar-refractivity contribution in [1.29, 1.82) is 0 Å². The van der Waals surface area contributed by atoms with Crippen LogP contribution in [0, 0.1) is 6.92 Å². The van der Waals surface area contributed by atoms with Crippen molar-refractivity contribution < 1.29 is 0 Å². The van der Waals surface area contributed by atoms with Crippen molar-refractivity contribution in [3.05, 3.63) is 102 Å². The van der Waals surface area contributed by atoms with Gasteiger partial charge in [-0.3, -0.25) is 0 Å². The summed E-state index contributed by atoms with van der Waals surface area (Å²) in [7, 11) is 0. The third-order valence-electron chi connectivity index (χ3n) is 5.07. The zero-order valence-corrected chi connectivity index (χ0v) is 14.0. The molecule has 0 fully saturated rings. The Kier molecular flexibility index (Phi) is 3.10. The van der Waals surface area contributed by atoms with E-state index in [-0.39, 0.29) is 5.92 Å². The first-order valence-corrected chi connectivity index (χ1v) is 8.61. The summed E-state index contributed by atoms with van der Waals surface area (Å²) in [6.07, 6.45) is 1.95. The van der Waals surface area contributed by atoms with Crippen molar-refractivity contribution in [3.63, 3.8) is 0 Å². The molecular formula is C23H18N2. The number of hydrogen-bond donors (Lipinski definition) is 1. The molecule has 1 aromatic heterocycles. The Morgan fingerprint density at radius 1 is 0.760 bits per heavy atom. The van der Waals surface area contributed by atoms with E-state index in [9.17, 15) is 0 Å². The van der Waals surface area contributed by atoms with E-state index in [1.165, 1.54) is 33.4 Å². The summed E-state index contributed by atoms with van der Waals surface area (Å²) in [5, 5.41) is 0. The van der Waals surface area contributed by atoms with Crippen molar-refractivity contribution in [1.82, 2.24) is 9.97 Å². The van der Waals surface area contributed by atoms with Gasteiger partial charge >= 0.3 is 0 Å². The number of nitrogens with one attached hydrogen (secondary N) is 1. The minimum atomic E-state index is 0.173. The predicted molar refractivity (Wildman–Crippen MR) is 102 cm³/mol. The van der Waals surface area contributed by atoms with Gasteiger partial charge in [0.05, 0.1) is 17.8 Å². The monoisotopic (exact) mass is 322 g/mol. The summed E-state index contributed by atoms with van der Waals surface area (Å²) >= 11 is 0. The molecule has 0 aliphatic heterocycles. The van der Waals surface area contributed by atoms with Gasteiger partial charge in [0.1, 0.15) is 5.82 Å². The molecule has 0 spiro atoms. The molecule has 0 saturated carbocycles. The fourth-order valence-corrected chi connectivity index (χ4v) is 3.81. The second-order valence-corrected chi connectivity index (χ2v) is 6.66. The van der Waals surface area contributed by atoms with Crippen molar-refractivity contribution in [2.24, 2.45) is 0 Å². The lowest BCUT2D eigenvalue weighted by molar-refractivity contribution is 0.908. The van der Waals surface area contributed by atoms with Crippen molar-refractivity contribution in [2.75, 3.05) is 0 Å². The number of rotatable bonds is 2. The third kappa shape index (κ3) is 2.22. The van der Waals surface area contributed by atoms with Crippen molar-refractivity contribution in [3.8, 4) is 22.4 Å². The third-order valence-corrected chi connectivity index (χ3v) is 5.07. The molecule has 120 valence electrons. The van der Waals surface area contributed by atoms with Crippen LogP contribution in [0.4, 0.5) is 0 Å². The van der Waals surface area contributed by atoms with Gasteiger partial charge in [0.2, 0.25) is 0 Å². The van der Waals surface area contributed by atoms with Crippen LogP contribution < -0.4 is 0 Å². The molecule has 1 N–H and O–H groups in total. The molecule has 25 heavy (non-hydrogen) atoms. The van der Waals surface area contributed by atoms with E-state index in [1.807, 2.05) is 6.20 Å². The summed E-state index contributed by atoms with van der Waals surface area (Å²) in [6, 6.07) is 25.8. The molecular weight excluding hydrogens is 304 g/mol. The second kappa shape index (κ2) is 5.45. The van der Waals surface area contributed by atoms with E-state index in [4.69, 9.17) is 4.98 Å². The molecule has 0 radical (unpaired) electrons. The summed E-state index contributed by atoms with van der Waals surface area (Å²) in [6.45, 7) is 2.11. The number of aromatic nitrogens is 2. The lowest BCUT2D eigenvalue weighted by atomic mass is 9.96. The first-order valence-electron chi connectivity index (χ1n) is 8.61. The summed E-state index contributed by atoms with van der Waals surface area (Å²) in [5.41, 5.74) is 8.79. The van der Waals surface area contributed by atoms with Gasteiger partial charge in [-0.1, -0.05) is 78.4 Å². The first-order chi connectivity index (χ1) is 12.3. The average molecular weight is 322 g/mol. The normalized spacial score (nSPS) is 12.8. The van der Waals surface area contributed by atoms with Gasteiger partial charge in [0.15, 0.2) is 0 Å². The van der Waals surface area contributed by atoms with Crippen LogP contribution in [0.25, 0.3) is 22.4 Å². The molecule has 1 aliphatic rings. The number of benzene rings is 3. The van der Waals surface area contributed by atoms with Crippen LogP contribution >= 0.6 is 0 Å². The Morgan fingerprint density at radius 3 is 2.00 bits per heavy atom. The molecule has 0 saturated heterocycles. The highest BCUT2D eigenvalue weighted by Gasteiger charge is 2.31. The number of aromatic amines is 1. The van der Waals surface area contributed by atoms with Gasteiger partial charge in [-0.15, -0.1) is 0 Å². The SMILES string of the molecule is Cc1ccc(-c2cnc(C3c4ccccc4-c4ccccc43)[nH]2)cc1. The molecule has 2 nitrogen and oxygen atoms in total. The minimum absolute atomic E-state index is 0.173. The second-order valence-electron chi connectivity index (χ2n) is 6.66. The van der Waals surface area contributed by atoms with Crippen molar-refractivity contribution in [2.45, 2.75) is 12.8 Å². The first kappa shape index (κ1) is 14.2. The lowest BCUT2D eigenvalue weighted by Gasteiger charge is -2.10. The van der Waals surface area contributed by atoms with E-state index in [1.54, 1.807) is 0 Å². The van der Waals surface area contributed by atoms with Gasteiger partial charge in [-0.2, -0.15) is 0 Å². The molecule has 3 aromatic carbocycles. The summed E-state index contributed by atoms with van der Waals surface area (Å²) in [4.78, 5) is 8.30. The molecule has 1 heterocycles. The number of aryl methyl sites for hydroxylation is 1. The van der Waals surface area contributed by atoms with Crippen LogP contribution in [0.3, 0.4) is 0 Å². The van der Waals surface area contributed by atoms with Crippen molar-refractivity contribution >= 4 is 0 Å². The highest BCUT2D eigenvalue weighted by Crippen LogP contribution is 2.47. The molecule has 0 amide bonds. The van der Waals surface area contributed by atoms with E-state index in [0.717, 1.165) is 11.5 Å². The van der Waals surface area contributed by atoms with E-state index < -0.39 is 0 Å². The van der Waals surface area contributed by atoms with Crippen LogP contribution in [0.1, 0.15) is 28.4 Å². The predicted octanol–water partition coefficient (Wildman–Crippen LogP) is 5.55. The van der Waals surface area contributed by atoms with E-state index in [2.05, 4.69) is 84.7 Å². The Labute approximate surface area is 147 Å². The number of imidazole rings is 1. The number of hydrogen-bond acceptors (Lipinski definition) is 1. The Bertz CT molecular complexity index is 1010. The standard InChI is InChI=1S/C23H18N2/c1-15-10-12-16(13-11-15)21-14-24-23(25-21)22-19-8-4-2-6-17(19)18-7-3-5-9-20(18)22/h2-14,22H,1H3,(H,24,25). The maximum atomic E-state index is 4.74. The van der Waals surface area contributed by atoms with Gasteiger partial charge in [-0.25, -0.2) is 4.98 Å². The fraction of sp³-hybridized carbons (Fsp3) is 0.0870. The van der Waals surface area contributed by atoms with Crippen LogP contribution in [-0.4, -0.2) is 9.97 Å². The summed E-state index contributed by atoms with van der Waals surface area (Å²) in [5.74, 6) is 1.18. The molecule has 1 aliphatic carbocycles.